The second kappa shape index (κ2) is 3.61. The highest BCUT2D eigenvalue weighted by Gasteiger charge is 2.19. The lowest BCUT2D eigenvalue weighted by molar-refractivity contribution is 0.891. The molecule has 3 heteroatoms. The summed E-state index contributed by atoms with van der Waals surface area (Å²) in [7, 11) is 0. The van der Waals surface area contributed by atoms with Gasteiger partial charge in [0.1, 0.15) is 0 Å². The molecule has 2 N–H and O–H groups in total. The van der Waals surface area contributed by atoms with Crippen LogP contribution in [0.1, 0.15) is 5.56 Å². The maximum atomic E-state index is 5.91. The minimum absolute atomic E-state index is 0.888. The third kappa shape index (κ3) is 1.37. The predicted octanol–water partition coefficient (Wildman–Crippen LogP) is 1.98. The third-order valence-corrected chi connectivity index (χ3v) is 3.00. The van der Waals surface area contributed by atoms with Crippen LogP contribution in [-0.2, 0) is 6.42 Å². The first-order valence-corrected chi connectivity index (χ1v) is 5.42. The number of pyridine rings is 1. The highest BCUT2D eigenvalue weighted by molar-refractivity contribution is 5.74. The van der Waals surface area contributed by atoms with E-state index >= 15 is 0 Å². The van der Waals surface area contributed by atoms with E-state index in [2.05, 4.69) is 17.1 Å². The van der Waals surface area contributed by atoms with Crippen molar-refractivity contribution < 1.29 is 0 Å². The molecule has 0 atom stereocenters. The van der Waals surface area contributed by atoms with E-state index < -0.39 is 0 Å². The van der Waals surface area contributed by atoms with Crippen molar-refractivity contribution in [1.82, 2.24) is 4.98 Å². The molecule has 0 spiro atoms. The van der Waals surface area contributed by atoms with Crippen molar-refractivity contribution in [2.45, 2.75) is 6.42 Å². The van der Waals surface area contributed by atoms with Crippen LogP contribution in [0, 0.1) is 0 Å². The lowest BCUT2D eigenvalue weighted by atomic mass is 10.0. The highest BCUT2D eigenvalue weighted by Crippen LogP contribution is 2.33. The zero-order valence-electron chi connectivity index (χ0n) is 8.93. The Morgan fingerprint density at radius 2 is 2.06 bits per heavy atom. The molecule has 0 saturated carbocycles. The largest absolute Gasteiger partial charge is 0.310 e. The Kier molecular flexibility index (Phi) is 2.11. The summed E-state index contributed by atoms with van der Waals surface area (Å²) in [5.41, 5.74) is 4.66. The molecule has 0 radical (unpaired) electrons. The zero-order valence-corrected chi connectivity index (χ0v) is 8.93. The van der Waals surface area contributed by atoms with Crippen molar-refractivity contribution in [2.24, 2.45) is 5.84 Å². The second-order valence-electron chi connectivity index (χ2n) is 3.96. The Morgan fingerprint density at radius 3 is 2.88 bits per heavy atom. The number of nitrogens with zero attached hydrogens (tertiary/aromatic N) is 2. The Balaban J connectivity index is 2.17. The molecule has 1 aromatic heterocycles. The Hall–Kier alpha value is -1.87. The normalized spacial score (nSPS) is 13.9. The molecule has 2 heterocycles. The van der Waals surface area contributed by atoms with E-state index in [0.717, 1.165) is 24.3 Å². The summed E-state index contributed by atoms with van der Waals surface area (Å²) < 4.78 is 0. The van der Waals surface area contributed by atoms with Crippen LogP contribution in [-0.4, -0.2) is 11.5 Å². The first-order chi connectivity index (χ1) is 7.86. The van der Waals surface area contributed by atoms with Crippen molar-refractivity contribution >= 4 is 5.69 Å². The minimum atomic E-state index is 0.888. The van der Waals surface area contributed by atoms with Crippen molar-refractivity contribution in [1.29, 1.82) is 0 Å². The first-order valence-electron chi connectivity index (χ1n) is 5.42. The second-order valence-corrected chi connectivity index (χ2v) is 3.96. The van der Waals surface area contributed by atoms with E-state index in [-0.39, 0.29) is 0 Å². The molecule has 1 aliphatic rings. The maximum Gasteiger partial charge on any atom is 0.0705 e. The average molecular weight is 211 g/mol. The summed E-state index contributed by atoms with van der Waals surface area (Å²) in [6.07, 6.45) is 2.82. The van der Waals surface area contributed by atoms with Gasteiger partial charge < -0.3 is 5.01 Å². The van der Waals surface area contributed by atoms with Gasteiger partial charge in [0.15, 0.2) is 0 Å². The fourth-order valence-electron chi connectivity index (χ4n) is 2.22. The Bertz CT molecular complexity index is 508. The van der Waals surface area contributed by atoms with Crippen molar-refractivity contribution in [2.75, 3.05) is 11.6 Å². The van der Waals surface area contributed by atoms with Crippen LogP contribution < -0.4 is 10.9 Å². The molecule has 0 saturated heterocycles. The number of hydrogen-bond donors (Lipinski definition) is 1. The van der Waals surface area contributed by atoms with Crippen LogP contribution in [0.5, 0.6) is 0 Å². The number of rotatable bonds is 1. The zero-order chi connectivity index (χ0) is 11.0. The highest BCUT2D eigenvalue weighted by atomic mass is 15.4. The number of anilines is 1. The van der Waals surface area contributed by atoms with Crippen LogP contribution in [0.3, 0.4) is 0 Å². The van der Waals surface area contributed by atoms with Gasteiger partial charge in [-0.25, -0.2) is 5.84 Å². The van der Waals surface area contributed by atoms with E-state index in [1.54, 1.807) is 0 Å². The monoisotopic (exact) mass is 211 g/mol. The van der Waals surface area contributed by atoms with Crippen molar-refractivity contribution in [3.8, 4) is 11.3 Å². The van der Waals surface area contributed by atoms with Crippen molar-refractivity contribution in [3.63, 3.8) is 0 Å². The van der Waals surface area contributed by atoms with Gasteiger partial charge in [-0.05, 0) is 30.2 Å². The molecule has 0 bridgehead atoms. The van der Waals surface area contributed by atoms with Crippen LogP contribution >= 0.6 is 0 Å². The lowest BCUT2D eigenvalue weighted by Gasteiger charge is -2.12. The van der Waals surface area contributed by atoms with Gasteiger partial charge in [-0.1, -0.05) is 18.2 Å². The topological polar surface area (TPSA) is 42.1 Å². The predicted molar refractivity (Wildman–Crippen MR) is 64.9 cm³/mol. The summed E-state index contributed by atoms with van der Waals surface area (Å²) >= 11 is 0. The smallest absolute Gasteiger partial charge is 0.0705 e. The fourth-order valence-corrected chi connectivity index (χ4v) is 2.22. The van der Waals surface area contributed by atoms with E-state index in [4.69, 9.17) is 5.84 Å². The molecule has 0 unspecified atom stereocenters. The number of benzene rings is 1. The van der Waals surface area contributed by atoms with Gasteiger partial charge in [0.25, 0.3) is 0 Å². The summed E-state index contributed by atoms with van der Waals surface area (Å²) in [6.45, 7) is 0.888. The third-order valence-electron chi connectivity index (χ3n) is 3.00. The number of hydrogen-bond acceptors (Lipinski definition) is 3. The summed E-state index contributed by atoms with van der Waals surface area (Å²) in [4.78, 5) is 4.39. The van der Waals surface area contributed by atoms with Gasteiger partial charge >= 0.3 is 0 Å². The summed E-state index contributed by atoms with van der Waals surface area (Å²) in [6, 6.07) is 12.2. The van der Waals surface area contributed by atoms with Crippen LogP contribution in [0.2, 0.25) is 0 Å². The fraction of sp³-hybridized carbons (Fsp3) is 0.154. The Labute approximate surface area is 94.5 Å². The molecule has 3 nitrogen and oxygen atoms in total. The average Bonchev–Trinajstić information content (AvgIpc) is 2.73. The van der Waals surface area contributed by atoms with Gasteiger partial charge in [0.2, 0.25) is 0 Å². The summed E-state index contributed by atoms with van der Waals surface area (Å²) in [5, 5.41) is 1.81. The molecule has 0 fully saturated rings. The van der Waals surface area contributed by atoms with Gasteiger partial charge in [-0.15, -0.1) is 0 Å². The standard InChI is InChI=1S/C13H13N3/c14-16-9-7-11-10(4-3-6-13(11)16)12-5-1-2-8-15-12/h1-6,8H,7,9,14H2. The van der Waals surface area contributed by atoms with Crippen LogP contribution in [0.4, 0.5) is 5.69 Å². The van der Waals surface area contributed by atoms with E-state index in [1.807, 2.05) is 35.5 Å². The van der Waals surface area contributed by atoms with Crippen LogP contribution in [0.15, 0.2) is 42.6 Å². The molecule has 1 aliphatic heterocycles. The number of hydrazine groups is 1. The van der Waals surface area contributed by atoms with E-state index in [0.29, 0.717) is 0 Å². The van der Waals surface area contributed by atoms with E-state index in [9.17, 15) is 0 Å². The van der Waals surface area contributed by atoms with Crippen LogP contribution in [0.25, 0.3) is 11.3 Å². The molecule has 1 aromatic carbocycles. The molecular formula is C13H13N3. The SMILES string of the molecule is NN1CCc2c(-c3ccccn3)cccc21. The van der Waals surface area contributed by atoms with Gasteiger partial charge in [-0.2, -0.15) is 0 Å². The lowest BCUT2D eigenvalue weighted by Crippen LogP contribution is -2.27. The quantitative estimate of drug-likeness (QED) is 0.733. The maximum absolute atomic E-state index is 5.91. The van der Waals surface area contributed by atoms with Gasteiger partial charge in [-0.3, -0.25) is 4.98 Å². The number of nitrogens with two attached hydrogens (primary N) is 1. The van der Waals surface area contributed by atoms with Gasteiger partial charge in [0, 0.05) is 18.3 Å². The van der Waals surface area contributed by atoms with Crippen molar-refractivity contribution in [3.05, 3.63) is 48.2 Å². The molecule has 16 heavy (non-hydrogen) atoms. The van der Waals surface area contributed by atoms with Gasteiger partial charge in [0.05, 0.1) is 11.4 Å². The molecule has 2 aromatic rings. The molecular weight excluding hydrogens is 198 g/mol. The first kappa shape index (κ1) is 9.36. The molecule has 3 rings (SSSR count). The van der Waals surface area contributed by atoms with E-state index in [1.165, 1.54) is 11.1 Å². The molecule has 0 aliphatic carbocycles. The minimum Gasteiger partial charge on any atom is -0.310 e. The molecule has 80 valence electrons. The number of fused-ring (bicyclic) bond motifs is 1. The Morgan fingerprint density at radius 1 is 1.12 bits per heavy atom. The summed E-state index contributed by atoms with van der Waals surface area (Å²) in [5.74, 6) is 5.91. The molecule has 0 amide bonds. The number of aromatic nitrogens is 1.